The fourth-order valence-electron chi connectivity index (χ4n) is 2.40. The van der Waals surface area contributed by atoms with Gasteiger partial charge in [-0.1, -0.05) is 49.2 Å². The number of nitrogens with zero attached hydrogens (tertiary/aromatic N) is 1. The van der Waals surface area contributed by atoms with E-state index in [4.69, 9.17) is 27.9 Å². The van der Waals surface area contributed by atoms with E-state index >= 15 is 0 Å². The Morgan fingerprint density at radius 1 is 1.07 bits per heavy atom. The second-order valence-electron chi connectivity index (χ2n) is 5.50. The zero-order valence-corrected chi connectivity index (χ0v) is 17.2. The number of carbonyl (C=O) groups excluding carboxylic acids is 1. The number of hydrogen-bond donors (Lipinski definition) is 1. The highest BCUT2D eigenvalue weighted by atomic mass is 35.5. The van der Waals surface area contributed by atoms with Crippen molar-refractivity contribution in [2.24, 2.45) is 0 Å². The van der Waals surface area contributed by atoms with Crippen molar-refractivity contribution < 1.29 is 17.9 Å². The van der Waals surface area contributed by atoms with Crippen LogP contribution in [0.2, 0.25) is 10.0 Å². The fraction of sp³-hybridized carbons (Fsp3) is 0.278. The van der Waals surface area contributed by atoms with E-state index in [9.17, 15) is 13.2 Å². The Kier molecular flexibility index (Phi) is 7.49. The molecular weight excluding hydrogens is 411 g/mol. The van der Waals surface area contributed by atoms with Gasteiger partial charge in [0.2, 0.25) is 10.0 Å². The number of ether oxygens (including phenoxy) is 1. The lowest BCUT2D eigenvalue weighted by Gasteiger charge is -2.19. The summed E-state index contributed by atoms with van der Waals surface area (Å²) in [6.07, 6.45) is 0. The summed E-state index contributed by atoms with van der Waals surface area (Å²) in [5, 5.41) is 3.19. The molecule has 1 amide bonds. The Morgan fingerprint density at radius 2 is 1.67 bits per heavy atom. The molecule has 0 heterocycles. The van der Waals surface area contributed by atoms with E-state index in [-0.39, 0.29) is 17.3 Å². The van der Waals surface area contributed by atoms with Gasteiger partial charge in [-0.25, -0.2) is 8.42 Å². The number of carbonyl (C=O) groups is 1. The number of halogens is 2. The highest BCUT2D eigenvalue weighted by Gasteiger charge is 2.22. The van der Waals surface area contributed by atoms with E-state index < -0.39 is 15.9 Å². The number of amides is 1. The van der Waals surface area contributed by atoms with Gasteiger partial charge < -0.3 is 10.1 Å². The van der Waals surface area contributed by atoms with Crippen LogP contribution in [0.15, 0.2) is 47.4 Å². The minimum Gasteiger partial charge on any atom is -0.481 e. The Bertz CT molecular complexity index is 895. The molecule has 0 aromatic heterocycles. The molecule has 0 unspecified atom stereocenters. The third-order valence-corrected chi connectivity index (χ3v) is 6.37. The van der Waals surface area contributed by atoms with Crippen molar-refractivity contribution in [1.29, 1.82) is 0 Å². The first-order valence-corrected chi connectivity index (χ1v) is 10.5. The van der Waals surface area contributed by atoms with Crippen molar-refractivity contribution >= 4 is 44.8 Å². The van der Waals surface area contributed by atoms with Gasteiger partial charge in [0.05, 0.1) is 14.9 Å². The van der Waals surface area contributed by atoms with Gasteiger partial charge in [-0.2, -0.15) is 4.31 Å². The van der Waals surface area contributed by atoms with Gasteiger partial charge in [-0.05, 0) is 30.3 Å². The molecule has 0 fully saturated rings. The quantitative estimate of drug-likeness (QED) is 0.685. The number of rotatable bonds is 8. The summed E-state index contributed by atoms with van der Waals surface area (Å²) in [4.78, 5) is 12.2. The summed E-state index contributed by atoms with van der Waals surface area (Å²) in [6, 6.07) is 10.9. The lowest BCUT2D eigenvalue weighted by atomic mass is 10.3. The Morgan fingerprint density at radius 3 is 2.26 bits per heavy atom. The first-order valence-electron chi connectivity index (χ1n) is 8.26. The summed E-state index contributed by atoms with van der Waals surface area (Å²) in [6.45, 7) is 3.94. The molecule has 2 aromatic carbocycles. The van der Waals surface area contributed by atoms with Gasteiger partial charge in [-0.3, -0.25) is 4.79 Å². The van der Waals surface area contributed by atoms with E-state index in [2.05, 4.69) is 5.32 Å². The zero-order chi connectivity index (χ0) is 20.0. The number of anilines is 1. The summed E-state index contributed by atoms with van der Waals surface area (Å²) in [5.74, 6) is -0.253. The molecule has 0 saturated heterocycles. The molecule has 146 valence electrons. The van der Waals surface area contributed by atoms with Crippen molar-refractivity contribution in [1.82, 2.24) is 4.31 Å². The number of para-hydroxylation sites is 1. The zero-order valence-electron chi connectivity index (χ0n) is 14.9. The molecule has 2 rings (SSSR count). The van der Waals surface area contributed by atoms with E-state index in [1.165, 1.54) is 16.4 Å². The molecule has 0 radical (unpaired) electrons. The van der Waals surface area contributed by atoms with E-state index in [0.717, 1.165) is 0 Å². The van der Waals surface area contributed by atoms with Gasteiger partial charge in [0.1, 0.15) is 0 Å². The van der Waals surface area contributed by atoms with Crippen LogP contribution in [-0.2, 0) is 14.8 Å². The molecule has 0 aliphatic rings. The third kappa shape index (κ3) is 5.35. The second kappa shape index (κ2) is 9.41. The van der Waals surface area contributed by atoms with Crippen LogP contribution in [0.25, 0.3) is 0 Å². The molecule has 0 saturated carbocycles. The molecule has 27 heavy (non-hydrogen) atoms. The van der Waals surface area contributed by atoms with Crippen LogP contribution in [0.4, 0.5) is 5.69 Å². The maximum atomic E-state index is 12.6. The Balaban J connectivity index is 2.09. The van der Waals surface area contributed by atoms with Crippen LogP contribution in [0.3, 0.4) is 0 Å². The number of benzene rings is 2. The molecule has 2 aromatic rings. The van der Waals surface area contributed by atoms with E-state index in [1.54, 1.807) is 44.2 Å². The van der Waals surface area contributed by atoms with Gasteiger partial charge in [0.25, 0.3) is 5.91 Å². The molecule has 0 spiro atoms. The average Bonchev–Trinajstić information content (AvgIpc) is 2.62. The fourth-order valence-corrected chi connectivity index (χ4v) is 4.41. The first-order chi connectivity index (χ1) is 12.8. The van der Waals surface area contributed by atoms with Crippen LogP contribution in [0, 0.1) is 0 Å². The van der Waals surface area contributed by atoms with Crippen molar-refractivity contribution in [3.63, 3.8) is 0 Å². The normalized spacial score (nSPS) is 11.4. The van der Waals surface area contributed by atoms with Crippen LogP contribution in [-0.4, -0.2) is 38.3 Å². The van der Waals surface area contributed by atoms with Crippen molar-refractivity contribution in [3.8, 4) is 5.75 Å². The molecular formula is C18H20Cl2N2O4S. The Hall–Kier alpha value is -1.80. The van der Waals surface area contributed by atoms with Crippen LogP contribution < -0.4 is 10.1 Å². The van der Waals surface area contributed by atoms with Crippen LogP contribution in [0.5, 0.6) is 5.75 Å². The molecule has 0 aliphatic carbocycles. The molecule has 0 aliphatic heterocycles. The number of nitrogens with one attached hydrogen (secondary N) is 1. The predicted molar refractivity (Wildman–Crippen MR) is 107 cm³/mol. The number of sulfonamides is 1. The van der Waals surface area contributed by atoms with Crippen molar-refractivity contribution in [2.45, 2.75) is 18.7 Å². The summed E-state index contributed by atoms with van der Waals surface area (Å²) in [7, 11) is -3.61. The molecule has 0 atom stereocenters. The SMILES string of the molecule is CCN(CC)S(=O)(=O)c1cccc(NC(=O)COc2c(Cl)cccc2Cl)c1. The molecule has 6 nitrogen and oxygen atoms in total. The summed E-state index contributed by atoms with van der Waals surface area (Å²) < 4.78 is 31.9. The molecule has 1 N–H and O–H groups in total. The van der Waals surface area contributed by atoms with Crippen molar-refractivity contribution in [2.75, 3.05) is 25.0 Å². The van der Waals surface area contributed by atoms with Crippen LogP contribution >= 0.6 is 23.2 Å². The molecule has 9 heteroatoms. The van der Waals surface area contributed by atoms with Gasteiger partial charge in [-0.15, -0.1) is 0 Å². The third-order valence-electron chi connectivity index (χ3n) is 3.73. The maximum absolute atomic E-state index is 12.6. The largest absolute Gasteiger partial charge is 0.481 e. The maximum Gasteiger partial charge on any atom is 0.262 e. The van der Waals surface area contributed by atoms with Crippen molar-refractivity contribution in [3.05, 3.63) is 52.5 Å². The van der Waals surface area contributed by atoms with Crippen LogP contribution in [0.1, 0.15) is 13.8 Å². The van der Waals surface area contributed by atoms with Gasteiger partial charge in [0.15, 0.2) is 12.4 Å². The average molecular weight is 431 g/mol. The second-order valence-corrected chi connectivity index (χ2v) is 8.26. The van der Waals surface area contributed by atoms with Gasteiger partial charge >= 0.3 is 0 Å². The summed E-state index contributed by atoms with van der Waals surface area (Å²) in [5.41, 5.74) is 0.349. The smallest absolute Gasteiger partial charge is 0.262 e. The first kappa shape index (κ1) is 21.5. The van der Waals surface area contributed by atoms with Gasteiger partial charge in [0, 0.05) is 18.8 Å². The Labute approximate surface area is 169 Å². The lowest BCUT2D eigenvalue weighted by molar-refractivity contribution is -0.118. The predicted octanol–water partition coefficient (Wildman–Crippen LogP) is 4.04. The minimum absolute atomic E-state index is 0.110. The highest BCUT2D eigenvalue weighted by molar-refractivity contribution is 7.89. The summed E-state index contributed by atoms with van der Waals surface area (Å²) >= 11 is 12.0. The van der Waals surface area contributed by atoms with E-state index in [0.29, 0.717) is 28.8 Å². The standard InChI is InChI=1S/C18H20Cl2N2O4S/c1-3-22(4-2)27(24,25)14-8-5-7-13(11-14)21-17(23)12-26-18-15(19)9-6-10-16(18)20/h5-11H,3-4,12H2,1-2H3,(H,21,23). The molecule has 0 bridgehead atoms. The highest BCUT2D eigenvalue weighted by Crippen LogP contribution is 2.32. The number of hydrogen-bond acceptors (Lipinski definition) is 4. The van der Waals surface area contributed by atoms with E-state index in [1.807, 2.05) is 0 Å². The minimum atomic E-state index is -3.61. The topological polar surface area (TPSA) is 75.7 Å². The monoisotopic (exact) mass is 430 g/mol. The lowest BCUT2D eigenvalue weighted by Crippen LogP contribution is -2.30.